The molecule has 1 aliphatic carbocycles. The average molecular weight is 410 g/mol. The van der Waals surface area contributed by atoms with Crippen molar-refractivity contribution in [2.24, 2.45) is 0 Å². The molecule has 2 N–H and O–H groups in total. The minimum absolute atomic E-state index is 0.203. The average Bonchev–Trinajstić information content (AvgIpc) is 3.19. The van der Waals surface area contributed by atoms with Gasteiger partial charge in [-0.3, -0.25) is 4.79 Å². The van der Waals surface area contributed by atoms with Crippen molar-refractivity contribution in [3.05, 3.63) is 27.2 Å². The fraction of sp³-hybridized carbons (Fsp3) is 0.308. The second kappa shape index (κ2) is 7.44. The van der Waals surface area contributed by atoms with Crippen molar-refractivity contribution in [1.29, 1.82) is 0 Å². The number of nitrogens with one attached hydrogen (secondary N) is 2. The summed E-state index contributed by atoms with van der Waals surface area (Å²) in [6.45, 7) is 0. The Morgan fingerprint density at radius 1 is 1.22 bits per heavy atom. The molecular formula is C13H11Cl3N4OS2. The number of hydrogen-bond donors (Lipinski definition) is 2. The minimum Gasteiger partial charge on any atom is -0.357 e. The van der Waals surface area contributed by atoms with E-state index in [9.17, 15) is 4.79 Å². The third kappa shape index (κ3) is 4.87. The molecule has 0 aliphatic heterocycles. The molecule has 1 fully saturated rings. The second-order valence-electron chi connectivity index (χ2n) is 4.87. The monoisotopic (exact) mass is 408 g/mol. The topological polar surface area (TPSA) is 66.9 Å². The van der Waals surface area contributed by atoms with Crippen LogP contribution in [0.4, 0.5) is 10.8 Å². The van der Waals surface area contributed by atoms with Crippen molar-refractivity contribution in [1.82, 2.24) is 10.2 Å². The summed E-state index contributed by atoms with van der Waals surface area (Å²) in [4.78, 5) is 12.0. The minimum atomic E-state index is -0.206. The molecule has 1 amide bonds. The summed E-state index contributed by atoms with van der Waals surface area (Å²) in [6, 6.07) is 3.55. The maximum Gasteiger partial charge on any atom is 0.234 e. The van der Waals surface area contributed by atoms with Crippen LogP contribution in [0.1, 0.15) is 12.8 Å². The first-order valence-corrected chi connectivity index (χ1v) is 9.62. The molecule has 2 aromatic rings. The fourth-order valence-electron chi connectivity index (χ4n) is 1.66. The predicted octanol–water partition coefficient (Wildman–Crippen LogP) is 4.80. The molecule has 1 saturated carbocycles. The number of aromatic nitrogens is 2. The molecule has 0 unspecified atom stereocenters. The van der Waals surface area contributed by atoms with Crippen molar-refractivity contribution in [3.63, 3.8) is 0 Å². The molecular weight excluding hydrogens is 399 g/mol. The smallest absolute Gasteiger partial charge is 0.234 e. The molecule has 1 aromatic carbocycles. The van der Waals surface area contributed by atoms with E-state index in [2.05, 4.69) is 20.8 Å². The van der Waals surface area contributed by atoms with Crippen LogP contribution in [0.25, 0.3) is 0 Å². The first-order chi connectivity index (χ1) is 11.0. The summed E-state index contributed by atoms with van der Waals surface area (Å²) in [5.41, 5.74) is 0.431. The molecule has 1 heterocycles. The number of thioether (sulfide) groups is 1. The van der Waals surface area contributed by atoms with Crippen LogP contribution in [-0.4, -0.2) is 27.9 Å². The fourth-order valence-corrected chi connectivity index (χ4v) is 3.88. The SMILES string of the molecule is O=C(CSc1nnc(NC2CC2)s1)Nc1cc(Cl)c(Cl)cc1Cl. The quantitative estimate of drug-likeness (QED) is 0.529. The molecule has 0 atom stereocenters. The Labute approximate surface area is 156 Å². The van der Waals surface area contributed by atoms with E-state index in [1.807, 2.05) is 0 Å². The van der Waals surface area contributed by atoms with Crippen LogP contribution in [0.15, 0.2) is 16.5 Å². The van der Waals surface area contributed by atoms with Gasteiger partial charge in [-0.25, -0.2) is 0 Å². The molecule has 0 spiro atoms. The Hall–Kier alpha value is -0.730. The zero-order chi connectivity index (χ0) is 16.4. The molecule has 122 valence electrons. The lowest BCUT2D eigenvalue weighted by Gasteiger charge is -2.08. The molecule has 23 heavy (non-hydrogen) atoms. The number of amides is 1. The normalized spacial score (nSPS) is 13.9. The zero-order valence-corrected chi connectivity index (χ0v) is 15.5. The van der Waals surface area contributed by atoms with E-state index < -0.39 is 0 Å². The molecule has 0 radical (unpaired) electrons. The van der Waals surface area contributed by atoms with Gasteiger partial charge in [-0.15, -0.1) is 10.2 Å². The zero-order valence-electron chi connectivity index (χ0n) is 11.6. The lowest BCUT2D eigenvalue weighted by atomic mass is 10.3. The number of benzene rings is 1. The van der Waals surface area contributed by atoms with Crippen LogP contribution >= 0.6 is 57.9 Å². The van der Waals surface area contributed by atoms with Gasteiger partial charge in [0.2, 0.25) is 11.0 Å². The Kier molecular flexibility index (Phi) is 5.53. The second-order valence-corrected chi connectivity index (χ2v) is 8.30. The van der Waals surface area contributed by atoms with Crippen molar-refractivity contribution in [2.45, 2.75) is 23.2 Å². The van der Waals surface area contributed by atoms with Crippen molar-refractivity contribution in [3.8, 4) is 0 Å². The van der Waals surface area contributed by atoms with Crippen LogP contribution < -0.4 is 10.6 Å². The largest absolute Gasteiger partial charge is 0.357 e. The summed E-state index contributed by atoms with van der Waals surface area (Å²) in [6.07, 6.45) is 2.35. The third-order valence-corrected chi connectivity index (χ3v) is 5.94. The molecule has 0 bridgehead atoms. The lowest BCUT2D eigenvalue weighted by molar-refractivity contribution is -0.113. The van der Waals surface area contributed by atoms with E-state index in [0.29, 0.717) is 26.8 Å². The number of carbonyl (C=O) groups is 1. The van der Waals surface area contributed by atoms with E-state index in [1.165, 1.54) is 48.1 Å². The van der Waals surface area contributed by atoms with Crippen LogP contribution in [0.3, 0.4) is 0 Å². The standard InChI is InChI=1S/C13H11Cl3N4OS2/c14-7-3-9(16)10(4-8(7)15)18-11(21)5-22-13-20-19-12(23-13)17-6-1-2-6/h3-4,6H,1-2,5H2,(H,17,19)(H,18,21). The van der Waals surface area contributed by atoms with Gasteiger partial charge in [-0.2, -0.15) is 0 Å². The van der Waals surface area contributed by atoms with Gasteiger partial charge in [-0.1, -0.05) is 57.9 Å². The summed E-state index contributed by atoms with van der Waals surface area (Å²) < 4.78 is 0.739. The third-order valence-electron chi connectivity index (χ3n) is 2.92. The predicted molar refractivity (Wildman–Crippen MR) is 97.4 cm³/mol. The molecule has 0 saturated heterocycles. The first-order valence-electron chi connectivity index (χ1n) is 6.68. The van der Waals surface area contributed by atoms with Crippen molar-refractivity contribution >= 4 is 74.6 Å². The van der Waals surface area contributed by atoms with E-state index in [4.69, 9.17) is 34.8 Å². The molecule has 5 nitrogen and oxygen atoms in total. The van der Waals surface area contributed by atoms with E-state index in [0.717, 1.165) is 9.47 Å². The van der Waals surface area contributed by atoms with E-state index in [1.54, 1.807) is 0 Å². The summed E-state index contributed by atoms with van der Waals surface area (Å²) in [7, 11) is 0. The first kappa shape index (κ1) is 17.1. The number of hydrogen-bond acceptors (Lipinski definition) is 6. The van der Waals surface area contributed by atoms with Gasteiger partial charge in [-0.05, 0) is 25.0 Å². The Morgan fingerprint density at radius 2 is 1.96 bits per heavy atom. The molecule has 10 heteroatoms. The van der Waals surface area contributed by atoms with Crippen LogP contribution in [0.2, 0.25) is 15.1 Å². The Morgan fingerprint density at radius 3 is 2.70 bits per heavy atom. The summed E-state index contributed by atoms with van der Waals surface area (Å²) >= 11 is 20.6. The van der Waals surface area contributed by atoms with Crippen molar-refractivity contribution in [2.75, 3.05) is 16.4 Å². The van der Waals surface area contributed by atoms with Gasteiger partial charge in [0, 0.05) is 6.04 Å². The number of nitrogens with zero attached hydrogens (tertiary/aromatic N) is 2. The van der Waals surface area contributed by atoms with Crippen molar-refractivity contribution < 1.29 is 4.79 Å². The van der Waals surface area contributed by atoms with Gasteiger partial charge in [0.25, 0.3) is 0 Å². The van der Waals surface area contributed by atoms with Gasteiger partial charge in [0.1, 0.15) is 0 Å². The summed E-state index contributed by atoms with van der Waals surface area (Å²) in [5.74, 6) is -0.00329. The highest BCUT2D eigenvalue weighted by Gasteiger charge is 2.22. The molecule has 1 aliphatic rings. The highest BCUT2D eigenvalue weighted by atomic mass is 35.5. The lowest BCUT2D eigenvalue weighted by Crippen LogP contribution is -2.14. The van der Waals surface area contributed by atoms with Gasteiger partial charge >= 0.3 is 0 Å². The maximum atomic E-state index is 12.0. The van der Waals surface area contributed by atoms with E-state index >= 15 is 0 Å². The van der Waals surface area contributed by atoms with Crippen LogP contribution in [0, 0.1) is 0 Å². The Bertz CT molecular complexity index is 736. The number of halogens is 3. The van der Waals surface area contributed by atoms with Crippen LogP contribution in [0.5, 0.6) is 0 Å². The van der Waals surface area contributed by atoms with Gasteiger partial charge in [0.15, 0.2) is 4.34 Å². The van der Waals surface area contributed by atoms with Gasteiger partial charge < -0.3 is 10.6 Å². The number of anilines is 2. The Balaban J connectivity index is 1.53. The van der Waals surface area contributed by atoms with Crippen LogP contribution in [-0.2, 0) is 4.79 Å². The molecule has 1 aromatic heterocycles. The highest BCUT2D eigenvalue weighted by Crippen LogP contribution is 2.33. The summed E-state index contributed by atoms with van der Waals surface area (Å²) in [5, 5.41) is 15.9. The maximum absolute atomic E-state index is 12.0. The highest BCUT2D eigenvalue weighted by molar-refractivity contribution is 8.01. The van der Waals surface area contributed by atoms with Gasteiger partial charge in [0.05, 0.1) is 26.5 Å². The number of rotatable bonds is 6. The molecule has 3 rings (SSSR count). The number of carbonyl (C=O) groups excluding carboxylic acids is 1. The van der Waals surface area contributed by atoms with E-state index in [-0.39, 0.29) is 11.7 Å².